The Balaban J connectivity index is 1.93. The summed E-state index contributed by atoms with van der Waals surface area (Å²) in [5.74, 6) is 0.615. The Bertz CT molecular complexity index is 621. The zero-order chi connectivity index (χ0) is 13.7. The molecule has 0 radical (unpaired) electrons. The predicted molar refractivity (Wildman–Crippen MR) is 76.2 cm³/mol. The van der Waals surface area contributed by atoms with Crippen LogP contribution >= 0.6 is 11.3 Å². The normalized spacial score (nSPS) is 11.4. The number of sulfone groups is 1. The molecular formula is C13H15NO3S2. The van der Waals surface area contributed by atoms with Crippen molar-refractivity contribution in [1.82, 2.24) is 0 Å². The lowest BCUT2D eigenvalue weighted by atomic mass is 10.2. The van der Waals surface area contributed by atoms with Crippen LogP contribution in [0.25, 0.3) is 0 Å². The minimum absolute atomic E-state index is 0.0274. The van der Waals surface area contributed by atoms with Gasteiger partial charge in [0.1, 0.15) is 16.6 Å². The molecule has 0 bridgehead atoms. The highest BCUT2D eigenvalue weighted by Gasteiger charge is 2.15. The molecule has 0 amide bonds. The van der Waals surface area contributed by atoms with Gasteiger partial charge in [-0.15, -0.1) is 11.3 Å². The predicted octanol–water partition coefficient (Wildman–Crippen LogP) is 2.06. The summed E-state index contributed by atoms with van der Waals surface area (Å²) in [5.41, 5.74) is 6.49. The van der Waals surface area contributed by atoms with Crippen LogP contribution in [-0.4, -0.2) is 20.8 Å². The van der Waals surface area contributed by atoms with Crippen LogP contribution in [0.4, 0.5) is 0 Å². The van der Waals surface area contributed by atoms with Crippen molar-refractivity contribution in [2.45, 2.75) is 10.8 Å². The second-order valence-electron chi connectivity index (χ2n) is 3.95. The van der Waals surface area contributed by atoms with Gasteiger partial charge in [0.2, 0.25) is 0 Å². The highest BCUT2D eigenvalue weighted by molar-refractivity contribution is 7.93. The maximum atomic E-state index is 11.9. The zero-order valence-electron chi connectivity index (χ0n) is 10.3. The molecule has 0 aliphatic rings. The molecule has 102 valence electrons. The van der Waals surface area contributed by atoms with Gasteiger partial charge >= 0.3 is 0 Å². The van der Waals surface area contributed by atoms with Crippen LogP contribution in [0.2, 0.25) is 0 Å². The number of nitrogens with two attached hydrogens (primary N) is 1. The Hall–Kier alpha value is -1.37. The van der Waals surface area contributed by atoms with Gasteiger partial charge in [-0.25, -0.2) is 8.42 Å². The molecule has 0 aliphatic carbocycles. The first kappa shape index (κ1) is 14.0. The van der Waals surface area contributed by atoms with Crippen LogP contribution in [0.3, 0.4) is 0 Å². The van der Waals surface area contributed by atoms with E-state index in [0.29, 0.717) is 16.5 Å². The van der Waals surface area contributed by atoms with Crippen molar-refractivity contribution in [3.63, 3.8) is 0 Å². The average Bonchev–Trinajstić information content (AvgIpc) is 2.93. The first-order valence-corrected chi connectivity index (χ1v) is 8.33. The number of hydrogen-bond donors (Lipinski definition) is 1. The van der Waals surface area contributed by atoms with Gasteiger partial charge in [-0.3, -0.25) is 0 Å². The van der Waals surface area contributed by atoms with Gasteiger partial charge in [0.05, 0.1) is 5.75 Å². The van der Waals surface area contributed by atoms with Gasteiger partial charge < -0.3 is 10.5 Å². The summed E-state index contributed by atoms with van der Waals surface area (Å²) in [4.78, 5) is 0. The van der Waals surface area contributed by atoms with E-state index in [2.05, 4.69) is 0 Å². The summed E-state index contributed by atoms with van der Waals surface area (Å²) in [5, 5.41) is 1.75. The summed E-state index contributed by atoms with van der Waals surface area (Å²) in [7, 11) is -3.23. The highest BCUT2D eigenvalue weighted by Crippen LogP contribution is 2.18. The van der Waals surface area contributed by atoms with Crippen LogP contribution in [-0.2, 0) is 16.4 Å². The maximum absolute atomic E-state index is 11.9. The summed E-state index contributed by atoms with van der Waals surface area (Å²) in [6.45, 7) is 0.568. The quantitative estimate of drug-likeness (QED) is 0.886. The Morgan fingerprint density at radius 3 is 2.74 bits per heavy atom. The van der Waals surface area contributed by atoms with Gasteiger partial charge in [0.15, 0.2) is 9.84 Å². The van der Waals surface area contributed by atoms with E-state index in [1.807, 2.05) is 18.2 Å². The molecule has 2 aromatic rings. The summed E-state index contributed by atoms with van der Waals surface area (Å²) in [6, 6.07) is 10.7. The fourth-order valence-corrected chi connectivity index (χ4v) is 3.81. The molecule has 6 heteroatoms. The third kappa shape index (κ3) is 3.79. The summed E-state index contributed by atoms with van der Waals surface area (Å²) in [6.07, 6.45) is 0. The standard InChI is InChI=1S/C13H15NO3S2/c14-10-11-3-1-4-12(9-11)17-6-8-19(15,16)13-5-2-7-18-13/h1-5,7,9H,6,8,10,14H2. The molecule has 0 saturated carbocycles. The largest absolute Gasteiger partial charge is 0.493 e. The fraction of sp³-hybridized carbons (Fsp3) is 0.231. The lowest BCUT2D eigenvalue weighted by molar-refractivity contribution is 0.340. The van der Waals surface area contributed by atoms with Crippen molar-refractivity contribution in [3.8, 4) is 5.75 Å². The van der Waals surface area contributed by atoms with Crippen LogP contribution in [0.15, 0.2) is 46.0 Å². The molecule has 4 nitrogen and oxygen atoms in total. The van der Waals surface area contributed by atoms with Crippen LogP contribution in [0, 0.1) is 0 Å². The zero-order valence-corrected chi connectivity index (χ0v) is 11.9. The minimum Gasteiger partial charge on any atom is -0.493 e. The SMILES string of the molecule is NCc1cccc(OCCS(=O)(=O)c2cccs2)c1. The van der Waals surface area contributed by atoms with E-state index in [-0.39, 0.29) is 12.4 Å². The first-order chi connectivity index (χ1) is 9.12. The molecule has 0 unspecified atom stereocenters. The molecule has 0 aliphatic heterocycles. The molecule has 0 spiro atoms. The molecular weight excluding hydrogens is 282 g/mol. The van der Waals surface area contributed by atoms with Gasteiger partial charge in [0, 0.05) is 6.54 Å². The van der Waals surface area contributed by atoms with E-state index in [0.717, 1.165) is 5.56 Å². The van der Waals surface area contributed by atoms with Gasteiger partial charge in [-0.2, -0.15) is 0 Å². The second kappa shape index (κ2) is 6.18. The maximum Gasteiger partial charge on any atom is 0.191 e. The Labute approximate surface area is 116 Å². The topological polar surface area (TPSA) is 69.4 Å². The molecule has 2 N–H and O–H groups in total. The van der Waals surface area contributed by atoms with Crippen molar-refractivity contribution in [3.05, 3.63) is 47.3 Å². The summed E-state index contributed by atoms with van der Waals surface area (Å²) < 4.78 is 29.7. The van der Waals surface area contributed by atoms with Crippen LogP contribution < -0.4 is 10.5 Å². The average molecular weight is 297 g/mol. The number of benzene rings is 1. The van der Waals surface area contributed by atoms with E-state index in [1.54, 1.807) is 23.6 Å². The number of hydrogen-bond acceptors (Lipinski definition) is 5. The van der Waals surface area contributed by atoms with Crippen molar-refractivity contribution in [1.29, 1.82) is 0 Å². The Kier molecular flexibility index (Phi) is 4.57. The van der Waals surface area contributed by atoms with E-state index in [9.17, 15) is 8.42 Å². The minimum atomic E-state index is -3.23. The third-order valence-corrected chi connectivity index (χ3v) is 5.72. The first-order valence-electron chi connectivity index (χ1n) is 5.80. The van der Waals surface area contributed by atoms with Gasteiger partial charge in [0.25, 0.3) is 0 Å². The Morgan fingerprint density at radius 2 is 2.05 bits per heavy atom. The molecule has 0 fully saturated rings. The molecule has 2 rings (SSSR count). The van der Waals surface area contributed by atoms with Crippen molar-refractivity contribution >= 4 is 21.2 Å². The van der Waals surface area contributed by atoms with E-state index < -0.39 is 9.84 Å². The van der Waals surface area contributed by atoms with Crippen molar-refractivity contribution in [2.75, 3.05) is 12.4 Å². The van der Waals surface area contributed by atoms with Gasteiger partial charge in [-0.1, -0.05) is 18.2 Å². The van der Waals surface area contributed by atoms with Crippen molar-refractivity contribution < 1.29 is 13.2 Å². The molecule has 0 saturated heterocycles. The van der Waals surface area contributed by atoms with Crippen LogP contribution in [0.1, 0.15) is 5.56 Å². The molecule has 0 atom stereocenters. The second-order valence-corrected chi connectivity index (χ2v) is 7.23. The lowest BCUT2D eigenvalue weighted by Crippen LogP contribution is -2.13. The molecule has 1 aromatic heterocycles. The monoisotopic (exact) mass is 297 g/mol. The van der Waals surface area contributed by atoms with Gasteiger partial charge in [-0.05, 0) is 29.1 Å². The molecule has 1 heterocycles. The smallest absolute Gasteiger partial charge is 0.191 e. The van der Waals surface area contributed by atoms with Crippen molar-refractivity contribution in [2.24, 2.45) is 5.73 Å². The fourth-order valence-electron chi connectivity index (χ4n) is 1.57. The Morgan fingerprint density at radius 1 is 1.21 bits per heavy atom. The van der Waals surface area contributed by atoms with E-state index in [1.165, 1.54) is 11.3 Å². The third-order valence-electron chi connectivity index (χ3n) is 2.56. The van der Waals surface area contributed by atoms with E-state index >= 15 is 0 Å². The van der Waals surface area contributed by atoms with Crippen LogP contribution in [0.5, 0.6) is 5.75 Å². The van der Waals surface area contributed by atoms with E-state index in [4.69, 9.17) is 10.5 Å². The summed E-state index contributed by atoms with van der Waals surface area (Å²) >= 11 is 1.22. The lowest BCUT2D eigenvalue weighted by Gasteiger charge is -2.07. The number of thiophene rings is 1. The number of ether oxygens (including phenoxy) is 1. The number of rotatable bonds is 6. The molecule has 1 aromatic carbocycles. The molecule has 19 heavy (non-hydrogen) atoms. The highest BCUT2D eigenvalue weighted by atomic mass is 32.2.